The molecule has 1 fully saturated rings. The number of methoxy groups -OCH3 is 1. The molecule has 0 saturated heterocycles. The van der Waals surface area contributed by atoms with E-state index in [0.717, 1.165) is 31.7 Å². The highest BCUT2D eigenvalue weighted by Crippen LogP contribution is 2.31. The molecular weight excluding hydrogens is 449 g/mol. The fourth-order valence-electron chi connectivity index (χ4n) is 3.36. The van der Waals surface area contributed by atoms with Gasteiger partial charge in [-0.15, -0.1) is 0 Å². The van der Waals surface area contributed by atoms with Crippen molar-refractivity contribution in [2.24, 2.45) is 5.92 Å². The number of aromatic nitrogens is 1. The van der Waals surface area contributed by atoms with Gasteiger partial charge in [0.15, 0.2) is 17.4 Å². The smallest absolute Gasteiger partial charge is 0.274 e. The number of sulfonamides is 1. The van der Waals surface area contributed by atoms with E-state index in [1.165, 1.54) is 19.2 Å². The lowest BCUT2D eigenvalue weighted by Crippen LogP contribution is -2.43. The predicted molar refractivity (Wildman–Crippen MR) is 125 cm³/mol. The van der Waals surface area contributed by atoms with E-state index >= 15 is 0 Å². The summed E-state index contributed by atoms with van der Waals surface area (Å²) in [6.45, 7) is 4.58. The van der Waals surface area contributed by atoms with Crippen molar-refractivity contribution in [2.45, 2.75) is 56.4 Å². The minimum Gasteiger partial charge on any atom is -0.490 e. The molecule has 1 aromatic heterocycles. The number of hydrogen-bond acceptors (Lipinski definition) is 6. The summed E-state index contributed by atoms with van der Waals surface area (Å²) in [5, 5.41) is 3.07. The van der Waals surface area contributed by atoms with E-state index in [1.807, 2.05) is 0 Å². The molecule has 1 aliphatic rings. The lowest BCUT2D eigenvalue weighted by atomic mass is 9.99. The Labute approximate surface area is 193 Å². The van der Waals surface area contributed by atoms with Crippen LogP contribution in [0.5, 0.6) is 11.6 Å². The number of nitrogens with one attached hydrogen (secondary N) is 3. The third kappa shape index (κ3) is 7.46. The van der Waals surface area contributed by atoms with Gasteiger partial charge in [0.2, 0.25) is 10.0 Å². The monoisotopic (exact) mass is 481 g/mol. The molecule has 1 heterocycles. The van der Waals surface area contributed by atoms with Gasteiger partial charge < -0.3 is 14.8 Å². The minimum absolute atomic E-state index is 0.0248. The van der Waals surface area contributed by atoms with Crippen LogP contribution in [0.25, 0.3) is 0 Å². The van der Waals surface area contributed by atoms with Crippen molar-refractivity contribution < 1.29 is 22.3 Å². The first-order valence-electron chi connectivity index (χ1n) is 11.1. The van der Waals surface area contributed by atoms with Crippen LogP contribution in [-0.4, -0.2) is 39.2 Å². The van der Waals surface area contributed by atoms with E-state index in [1.54, 1.807) is 26.0 Å². The molecular formula is C23H32FN3O5S. The van der Waals surface area contributed by atoms with Crippen molar-refractivity contribution in [3.05, 3.63) is 46.5 Å². The number of aromatic amines is 1. The van der Waals surface area contributed by atoms with Crippen molar-refractivity contribution in [1.29, 1.82) is 0 Å². The van der Waals surface area contributed by atoms with Gasteiger partial charge in [-0.1, -0.05) is 0 Å². The Bertz CT molecular complexity index is 1110. The number of anilines is 1. The zero-order valence-corrected chi connectivity index (χ0v) is 20.1. The molecule has 8 nitrogen and oxygen atoms in total. The van der Waals surface area contributed by atoms with Crippen molar-refractivity contribution in [3.63, 3.8) is 0 Å². The molecule has 33 heavy (non-hydrogen) atoms. The fourth-order valence-corrected chi connectivity index (χ4v) is 4.81. The van der Waals surface area contributed by atoms with Gasteiger partial charge in [0, 0.05) is 24.2 Å². The Morgan fingerprint density at radius 1 is 1.18 bits per heavy atom. The van der Waals surface area contributed by atoms with Crippen molar-refractivity contribution in [1.82, 2.24) is 9.71 Å². The summed E-state index contributed by atoms with van der Waals surface area (Å²) in [6, 6.07) is 6.93. The Hall–Kier alpha value is -2.59. The maximum Gasteiger partial charge on any atom is 0.274 e. The molecule has 0 amide bonds. The Balaban J connectivity index is 1.49. The molecule has 0 atom stereocenters. The van der Waals surface area contributed by atoms with E-state index in [2.05, 4.69) is 15.0 Å². The van der Waals surface area contributed by atoms with Gasteiger partial charge in [0.1, 0.15) is 5.69 Å². The summed E-state index contributed by atoms with van der Waals surface area (Å²) in [6.07, 6.45) is 4.17. The third-order valence-corrected chi connectivity index (χ3v) is 7.14. The van der Waals surface area contributed by atoms with Gasteiger partial charge in [-0.3, -0.25) is 9.78 Å². The van der Waals surface area contributed by atoms with Crippen LogP contribution >= 0.6 is 0 Å². The van der Waals surface area contributed by atoms with E-state index in [0.29, 0.717) is 37.1 Å². The average molecular weight is 482 g/mol. The zero-order chi connectivity index (χ0) is 24.1. The lowest BCUT2D eigenvalue weighted by Gasteiger charge is -2.26. The van der Waals surface area contributed by atoms with Crippen LogP contribution in [0.2, 0.25) is 0 Å². The fraction of sp³-hybridized carbons (Fsp3) is 0.522. The molecule has 1 aliphatic carbocycles. The first-order valence-corrected chi connectivity index (χ1v) is 12.6. The van der Waals surface area contributed by atoms with Gasteiger partial charge in [0.05, 0.1) is 18.6 Å². The Morgan fingerprint density at radius 2 is 1.94 bits per heavy atom. The standard InChI is InChI=1S/C23H32FN3O5S/c1-23(2,12-4-5-13-25-19-10-11-21(31-3)26-22(19)28)27-33(29,30)17-8-9-18(24)20(14-17)32-15-16-6-7-16/h8-11,14,16,25,27H,4-7,12-13,15H2,1-3H3,(H,26,28). The number of benzene rings is 1. The third-order valence-electron chi connectivity index (χ3n) is 5.44. The van der Waals surface area contributed by atoms with Crippen LogP contribution in [0.3, 0.4) is 0 Å². The normalized spacial score (nSPS) is 14.2. The quantitative estimate of drug-likeness (QED) is 0.377. The lowest BCUT2D eigenvalue weighted by molar-refractivity contribution is 0.284. The molecule has 0 spiro atoms. The van der Waals surface area contributed by atoms with Gasteiger partial charge in [-0.2, -0.15) is 0 Å². The molecule has 182 valence electrons. The molecule has 2 aromatic rings. The Morgan fingerprint density at radius 3 is 2.61 bits per heavy atom. The summed E-state index contributed by atoms with van der Waals surface area (Å²) in [7, 11) is -2.37. The number of ether oxygens (including phenoxy) is 2. The second-order valence-corrected chi connectivity index (χ2v) is 10.7. The summed E-state index contributed by atoms with van der Waals surface area (Å²) >= 11 is 0. The summed E-state index contributed by atoms with van der Waals surface area (Å²) in [5.74, 6) is 0.209. The van der Waals surface area contributed by atoms with E-state index in [9.17, 15) is 17.6 Å². The van der Waals surface area contributed by atoms with Crippen LogP contribution < -0.4 is 25.1 Å². The zero-order valence-electron chi connectivity index (χ0n) is 19.2. The molecule has 3 N–H and O–H groups in total. The van der Waals surface area contributed by atoms with Gasteiger partial charge in [-0.25, -0.2) is 17.5 Å². The van der Waals surface area contributed by atoms with E-state index in [4.69, 9.17) is 9.47 Å². The summed E-state index contributed by atoms with van der Waals surface area (Å²) < 4.78 is 52.9. The van der Waals surface area contributed by atoms with E-state index in [-0.39, 0.29) is 16.2 Å². The number of H-pyrrole nitrogens is 1. The Kier molecular flexibility index (Phi) is 8.01. The van der Waals surface area contributed by atoms with Crippen LogP contribution in [0, 0.1) is 11.7 Å². The maximum atomic E-state index is 14.0. The number of rotatable bonds is 13. The molecule has 0 bridgehead atoms. The topological polar surface area (TPSA) is 110 Å². The first kappa shape index (κ1) is 25.0. The molecule has 0 aliphatic heterocycles. The highest BCUT2D eigenvalue weighted by atomic mass is 32.2. The van der Waals surface area contributed by atoms with Crippen LogP contribution in [0.1, 0.15) is 46.0 Å². The number of hydrogen-bond donors (Lipinski definition) is 3. The van der Waals surface area contributed by atoms with Crippen molar-refractivity contribution in [3.8, 4) is 11.6 Å². The number of unbranched alkanes of at least 4 members (excludes halogenated alkanes) is 1. The van der Waals surface area contributed by atoms with Gasteiger partial charge >= 0.3 is 0 Å². The van der Waals surface area contributed by atoms with Gasteiger partial charge in [0.25, 0.3) is 5.56 Å². The van der Waals surface area contributed by atoms with Gasteiger partial charge in [-0.05, 0) is 70.1 Å². The molecule has 0 radical (unpaired) electrons. The first-order chi connectivity index (χ1) is 15.6. The van der Waals surface area contributed by atoms with Crippen LogP contribution in [-0.2, 0) is 10.0 Å². The van der Waals surface area contributed by atoms with E-state index < -0.39 is 21.4 Å². The molecule has 10 heteroatoms. The summed E-state index contributed by atoms with van der Waals surface area (Å²) in [4.78, 5) is 14.5. The highest BCUT2D eigenvalue weighted by Gasteiger charge is 2.27. The summed E-state index contributed by atoms with van der Waals surface area (Å²) in [5.41, 5.74) is -0.520. The molecule has 0 unspecified atom stereocenters. The average Bonchev–Trinajstić information content (AvgIpc) is 3.57. The predicted octanol–water partition coefficient (Wildman–Crippen LogP) is 3.65. The second-order valence-electron chi connectivity index (χ2n) is 8.99. The molecule has 3 rings (SSSR count). The van der Waals surface area contributed by atoms with Crippen molar-refractivity contribution in [2.75, 3.05) is 25.6 Å². The SMILES string of the molecule is COc1ccc(NCCCCC(C)(C)NS(=O)(=O)c2ccc(F)c(OCC3CC3)c2)c(=O)[nH]1. The number of halogens is 1. The molecule has 1 aromatic carbocycles. The highest BCUT2D eigenvalue weighted by molar-refractivity contribution is 7.89. The minimum atomic E-state index is -3.85. The van der Waals surface area contributed by atoms with Crippen molar-refractivity contribution >= 4 is 15.7 Å². The van der Waals surface area contributed by atoms with Crippen LogP contribution in [0.15, 0.2) is 40.0 Å². The maximum absolute atomic E-state index is 14.0. The molecule has 1 saturated carbocycles. The van der Waals surface area contributed by atoms with Crippen LogP contribution in [0.4, 0.5) is 10.1 Å². The number of pyridine rings is 1. The largest absolute Gasteiger partial charge is 0.490 e. The second kappa shape index (κ2) is 10.6.